The zero-order chi connectivity index (χ0) is 43.1. The topological polar surface area (TPSA) is 410 Å². The minimum Gasteiger partial charge on any atom is -0.479 e. The van der Waals surface area contributed by atoms with E-state index < -0.39 is 179 Å². The molecule has 5 heterocycles. The van der Waals surface area contributed by atoms with Gasteiger partial charge in [-0.15, -0.1) is 0 Å². The van der Waals surface area contributed by atoms with Crippen LogP contribution in [0, 0.1) is 0 Å². The first-order valence-electron chi connectivity index (χ1n) is 18.2. The van der Waals surface area contributed by atoms with Crippen LogP contribution in [0.25, 0.3) is 0 Å². The van der Waals surface area contributed by atoms with Gasteiger partial charge in [0.2, 0.25) is 0 Å². The number of rotatable bonds is 12. The van der Waals surface area contributed by atoms with Crippen LogP contribution in [-0.2, 0) is 57.0 Å². The molecule has 0 spiro atoms. The molecule has 0 aromatic rings. The van der Waals surface area contributed by atoms with Crippen LogP contribution in [0.3, 0.4) is 0 Å². The molecule has 336 valence electrons. The van der Waals surface area contributed by atoms with Crippen LogP contribution >= 0.6 is 0 Å². The van der Waals surface area contributed by atoms with Gasteiger partial charge < -0.3 is 119 Å². The van der Waals surface area contributed by atoms with Gasteiger partial charge in [0.1, 0.15) is 110 Å². The molecule has 5 rings (SSSR count). The van der Waals surface area contributed by atoms with Crippen molar-refractivity contribution in [3.63, 3.8) is 0 Å². The molecule has 1 unspecified atom stereocenters. The van der Waals surface area contributed by atoms with Crippen LogP contribution in [-0.4, -0.2) is 250 Å². The molecule has 58 heavy (non-hydrogen) atoms. The molecule has 0 aliphatic carbocycles. The fraction of sp³-hybridized carbons (Fsp3) is 0.938. The van der Waals surface area contributed by atoms with Gasteiger partial charge in [0.05, 0.1) is 18.8 Å². The van der Waals surface area contributed by atoms with Crippen LogP contribution in [0.1, 0.15) is 20.8 Å². The third kappa shape index (κ3) is 9.73. The van der Waals surface area contributed by atoms with E-state index in [0.717, 1.165) is 6.92 Å². The molecule has 5 saturated heterocycles. The minimum atomic E-state index is -2.13. The number of aliphatic hydroxyl groups excluding tert-OH is 13. The number of carboxylic acid groups (broad SMARTS) is 1. The van der Waals surface area contributed by atoms with Crippen LogP contribution < -0.4 is 0 Å². The van der Waals surface area contributed by atoms with E-state index in [2.05, 4.69) is 0 Å². The normalized spacial score (nSPS) is 51.6. The van der Waals surface area contributed by atoms with Gasteiger partial charge in [-0.2, -0.15) is 0 Å². The van der Waals surface area contributed by atoms with Crippen LogP contribution in [0.4, 0.5) is 0 Å². The number of ether oxygens (including phenoxy) is 10. The van der Waals surface area contributed by atoms with Gasteiger partial charge in [-0.3, -0.25) is 4.79 Å². The third-order valence-electron chi connectivity index (χ3n) is 10.5. The number of aliphatic hydroxyl groups is 13. The summed E-state index contributed by atoms with van der Waals surface area (Å²) in [6.45, 7) is 2.09. The number of hydrogen-bond acceptors (Lipinski definition) is 25. The monoisotopic (exact) mass is 852 g/mol. The van der Waals surface area contributed by atoms with Gasteiger partial charge in [0.25, 0.3) is 0 Å². The summed E-state index contributed by atoms with van der Waals surface area (Å²) in [6, 6.07) is 0. The lowest BCUT2D eigenvalue weighted by atomic mass is 9.95. The van der Waals surface area contributed by atoms with Crippen molar-refractivity contribution in [3.05, 3.63) is 0 Å². The largest absolute Gasteiger partial charge is 0.479 e. The number of carbonyl (C=O) groups excluding carboxylic acids is 1. The smallest absolute Gasteiger partial charge is 0.335 e. The van der Waals surface area contributed by atoms with Gasteiger partial charge in [-0.05, 0) is 13.8 Å². The van der Waals surface area contributed by atoms with Crippen molar-refractivity contribution in [2.75, 3.05) is 13.2 Å². The summed E-state index contributed by atoms with van der Waals surface area (Å²) in [4.78, 5) is 23.1. The molecule has 0 aromatic carbocycles. The van der Waals surface area contributed by atoms with Crippen molar-refractivity contribution >= 4 is 11.9 Å². The lowest BCUT2D eigenvalue weighted by molar-refractivity contribution is -0.395. The first-order chi connectivity index (χ1) is 27.2. The van der Waals surface area contributed by atoms with E-state index in [0.29, 0.717) is 0 Å². The molecule has 5 fully saturated rings. The lowest BCUT2D eigenvalue weighted by Crippen LogP contribution is -2.67. The lowest BCUT2D eigenvalue weighted by Gasteiger charge is -2.49. The molecular formula is C32H52O26. The molecule has 5 aliphatic rings. The van der Waals surface area contributed by atoms with Gasteiger partial charge in [0.15, 0.2) is 37.6 Å². The Bertz CT molecular complexity index is 1360. The molecule has 0 aromatic heterocycles. The number of carboxylic acids is 1. The standard InChI is InChI=1S/C32H52O26/c1-6-11(35)15(39)26(58-29-19(43)14(38)16(40)25(57-29)27(46)47)32(51-6)56-23-12(36)7(2)50-30(20(23)44)55-24-13(37)9(4-33)53-31(21(24)45)54-22-10(5-49-8(3)34)52-28(48)18(42)17(22)41/h6-7,9-26,28-33,35-45,48H,4-5H2,1-3H3,(H,46,47)/t6-,7-,9+,10+,11-,12-,13+,14-,15+,16-,17+,18+,19+,20+,21+,22+,23+,24-,25-,26+,28?,29-,30-,31-,32-/m0/s1. The highest BCUT2D eigenvalue weighted by Crippen LogP contribution is 2.36. The molecule has 0 bridgehead atoms. The summed E-state index contributed by atoms with van der Waals surface area (Å²) in [5.41, 5.74) is 0. The van der Waals surface area contributed by atoms with E-state index in [-0.39, 0.29) is 0 Å². The summed E-state index contributed by atoms with van der Waals surface area (Å²) in [7, 11) is 0. The second kappa shape index (κ2) is 19.4. The van der Waals surface area contributed by atoms with Gasteiger partial charge in [-0.1, -0.05) is 0 Å². The molecule has 0 amide bonds. The highest BCUT2D eigenvalue weighted by molar-refractivity contribution is 5.73. The quantitative estimate of drug-likeness (QED) is 0.0811. The number of aliphatic carboxylic acids is 1. The van der Waals surface area contributed by atoms with E-state index in [4.69, 9.17) is 47.4 Å². The first kappa shape index (κ1) is 47.1. The second-order valence-electron chi connectivity index (χ2n) is 14.6. The summed E-state index contributed by atoms with van der Waals surface area (Å²) in [6.07, 6.45) is -46.6. The maximum atomic E-state index is 11.6. The summed E-state index contributed by atoms with van der Waals surface area (Å²) >= 11 is 0. The van der Waals surface area contributed by atoms with Gasteiger partial charge in [-0.25, -0.2) is 4.79 Å². The van der Waals surface area contributed by atoms with Crippen LogP contribution in [0.2, 0.25) is 0 Å². The molecule has 14 N–H and O–H groups in total. The zero-order valence-electron chi connectivity index (χ0n) is 31.0. The molecule has 26 nitrogen and oxygen atoms in total. The van der Waals surface area contributed by atoms with Crippen molar-refractivity contribution in [3.8, 4) is 0 Å². The van der Waals surface area contributed by atoms with E-state index in [1.165, 1.54) is 13.8 Å². The zero-order valence-corrected chi connectivity index (χ0v) is 31.0. The fourth-order valence-electron chi connectivity index (χ4n) is 7.06. The second-order valence-corrected chi connectivity index (χ2v) is 14.6. The predicted molar refractivity (Wildman–Crippen MR) is 174 cm³/mol. The van der Waals surface area contributed by atoms with Crippen molar-refractivity contribution in [1.82, 2.24) is 0 Å². The maximum absolute atomic E-state index is 11.6. The Morgan fingerprint density at radius 3 is 1.59 bits per heavy atom. The minimum absolute atomic E-state index is 0.618. The Labute approximate surface area is 328 Å². The fourth-order valence-corrected chi connectivity index (χ4v) is 7.06. The average molecular weight is 853 g/mol. The van der Waals surface area contributed by atoms with Crippen LogP contribution in [0.15, 0.2) is 0 Å². The molecule has 26 heteroatoms. The number of hydrogen-bond donors (Lipinski definition) is 14. The Kier molecular flexibility index (Phi) is 15.8. The Balaban J connectivity index is 1.35. The van der Waals surface area contributed by atoms with E-state index >= 15 is 0 Å². The SMILES string of the molecule is CC(=O)OC[C@H]1OC(O)[C@H](O)[C@@H](O)[C@@H]1O[C@@H]1O[C@H](CO)[C@@H](O)[C@H](O[C@@H]2O[C@@H](C)[C@H](O)[C@@H](O[C@@H]3O[C@@H](C)[C@H](O)[C@@H](O)[C@H]3O[C@@H]3O[C@H](C(=O)O)[C@@H](O)[C@H](O)[C@H]3O)[C@H]2O)[C@H]1O. The average Bonchev–Trinajstić information content (AvgIpc) is 3.17. The van der Waals surface area contributed by atoms with Crippen molar-refractivity contribution < 1.29 is 128 Å². The Morgan fingerprint density at radius 2 is 0.983 bits per heavy atom. The molecule has 0 radical (unpaired) electrons. The summed E-state index contributed by atoms with van der Waals surface area (Å²) < 4.78 is 54.9. The Hall–Kier alpha value is -1.94. The summed E-state index contributed by atoms with van der Waals surface area (Å²) in [5.74, 6) is -2.54. The first-order valence-corrected chi connectivity index (χ1v) is 18.2. The van der Waals surface area contributed by atoms with Gasteiger partial charge in [0, 0.05) is 6.92 Å². The third-order valence-corrected chi connectivity index (χ3v) is 10.5. The van der Waals surface area contributed by atoms with Crippen molar-refractivity contribution in [1.29, 1.82) is 0 Å². The molecule has 5 aliphatic heterocycles. The maximum Gasteiger partial charge on any atom is 0.335 e. The summed E-state index contributed by atoms with van der Waals surface area (Å²) in [5, 5.41) is 148. The number of carbonyl (C=O) groups is 2. The van der Waals surface area contributed by atoms with Crippen molar-refractivity contribution in [2.24, 2.45) is 0 Å². The molecule has 25 atom stereocenters. The highest BCUT2D eigenvalue weighted by atomic mass is 16.8. The number of esters is 1. The van der Waals surface area contributed by atoms with Crippen LogP contribution in [0.5, 0.6) is 0 Å². The van der Waals surface area contributed by atoms with E-state index in [1.807, 2.05) is 0 Å². The van der Waals surface area contributed by atoms with E-state index in [1.54, 1.807) is 0 Å². The predicted octanol–water partition coefficient (Wildman–Crippen LogP) is -9.21. The van der Waals surface area contributed by atoms with E-state index in [9.17, 15) is 81.1 Å². The Morgan fingerprint density at radius 1 is 0.483 bits per heavy atom. The van der Waals surface area contributed by atoms with Gasteiger partial charge >= 0.3 is 11.9 Å². The van der Waals surface area contributed by atoms with Crippen molar-refractivity contribution in [2.45, 2.75) is 174 Å². The highest BCUT2D eigenvalue weighted by Gasteiger charge is 2.56. The molecule has 0 saturated carbocycles. The molecular weight excluding hydrogens is 800 g/mol.